The highest BCUT2D eigenvalue weighted by atomic mass is 35.5. The predicted octanol–water partition coefficient (Wildman–Crippen LogP) is 4.61. The molecule has 0 saturated heterocycles. The van der Waals surface area contributed by atoms with Crippen molar-refractivity contribution in [3.63, 3.8) is 0 Å². The van der Waals surface area contributed by atoms with Gasteiger partial charge in [0.2, 0.25) is 5.91 Å². The van der Waals surface area contributed by atoms with Crippen molar-refractivity contribution < 1.29 is 19.0 Å². The first-order valence-electron chi connectivity index (χ1n) is 8.89. The second-order valence-corrected chi connectivity index (χ2v) is 7.14. The van der Waals surface area contributed by atoms with Gasteiger partial charge in [0.1, 0.15) is 17.4 Å². The lowest BCUT2D eigenvalue weighted by molar-refractivity contribution is -0.137. The van der Waals surface area contributed by atoms with Gasteiger partial charge in [-0.15, -0.1) is 0 Å². The molecule has 1 aromatic carbocycles. The topological polar surface area (TPSA) is 60.9 Å². The summed E-state index contributed by atoms with van der Waals surface area (Å²) in [5, 5.41) is 1.44. The van der Waals surface area contributed by atoms with Gasteiger partial charge in [0.15, 0.2) is 0 Å². The summed E-state index contributed by atoms with van der Waals surface area (Å²) in [6, 6.07) is 1.65. The number of halogens is 2. The van der Waals surface area contributed by atoms with Crippen molar-refractivity contribution in [2.24, 2.45) is 0 Å². The van der Waals surface area contributed by atoms with E-state index < -0.39 is 0 Å². The number of aromatic nitrogens is 1. The van der Waals surface area contributed by atoms with E-state index in [1.165, 1.54) is 14.2 Å². The van der Waals surface area contributed by atoms with Gasteiger partial charge in [-0.3, -0.25) is 4.79 Å². The first-order valence-corrected chi connectivity index (χ1v) is 9.65. The van der Waals surface area contributed by atoms with E-state index in [0.717, 1.165) is 16.5 Å². The zero-order valence-corrected chi connectivity index (χ0v) is 17.7. The lowest BCUT2D eigenvalue weighted by Gasteiger charge is -2.22. The molecular formula is C20H22Cl2N2O4. The Morgan fingerprint density at radius 2 is 2.11 bits per heavy atom. The van der Waals surface area contributed by atoms with E-state index in [0.29, 0.717) is 40.2 Å². The highest BCUT2D eigenvalue weighted by Crippen LogP contribution is 2.45. The first kappa shape index (κ1) is 20.7. The number of fused-ring (bicyclic) bond motifs is 3. The number of ether oxygens (including phenoxy) is 3. The van der Waals surface area contributed by atoms with Crippen LogP contribution in [0.15, 0.2) is 12.3 Å². The van der Waals surface area contributed by atoms with E-state index >= 15 is 0 Å². The average Bonchev–Trinajstić information content (AvgIpc) is 3.03. The van der Waals surface area contributed by atoms with E-state index in [1.54, 1.807) is 17.2 Å². The van der Waals surface area contributed by atoms with Gasteiger partial charge in [-0.25, -0.2) is 4.98 Å². The number of pyridine rings is 1. The van der Waals surface area contributed by atoms with Gasteiger partial charge in [-0.1, -0.05) is 23.2 Å². The maximum absolute atomic E-state index is 12.5. The van der Waals surface area contributed by atoms with Crippen molar-refractivity contribution in [1.82, 2.24) is 9.88 Å². The summed E-state index contributed by atoms with van der Waals surface area (Å²) in [5.74, 6) is 0.376. The van der Waals surface area contributed by atoms with Crippen LogP contribution < -0.4 is 4.74 Å². The minimum absolute atomic E-state index is 0.0176. The molecule has 2 heterocycles. The molecule has 0 saturated carbocycles. The smallest absolute Gasteiger partial charge is 0.249 e. The summed E-state index contributed by atoms with van der Waals surface area (Å²) >= 11 is 12.8. The molecule has 1 amide bonds. The predicted molar refractivity (Wildman–Crippen MR) is 110 cm³/mol. The van der Waals surface area contributed by atoms with Crippen LogP contribution in [0.4, 0.5) is 0 Å². The molecule has 3 rings (SSSR count). The van der Waals surface area contributed by atoms with Gasteiger partial charge >= 0.3 is 0 Å². The Bertz CT molecular complexity index is 946. The first-order chi connectivity index (χ1) is 13.4. The van der Waals surface area contributed by atoms with Crippen molar-refractivity contribution in [1.29, 1.82) is 0 Å². The van der Waals surface area contributed by atoms with Crippen LogP contribution in [-0.2, 0) is 20.8 Å². The maximum Gasteiger partial charge on any atom is 0.249 e. The lowest BCUT2D eigenvalue weighted by Crippen LogP contribution is -2.31. The van der Waals surface area contributed by atoms with E-state index in [4.69, 9.17) is 42.4 Å². The Hall–Kier alpha value is -2.02. The number of nitrogens with zero attached hydrogens (tertiary/aromatic N) is 2. The van der Waals surface area contributed by atoms with Crippen LogP contribution in [0, 0.1) is 0 Å². The molecule has 150 valence electrons. The summed E-state index contributed by atoms with van der Waals surface area (Å²) in [4.78, 5) is 19.0. The second kappa shape index (κ2) is 8.55. The van der Waals surface area contributed by atoms with E-state index in [-0.39, 0.29) is 18.6 Å². The summed E-state index contributed by atoms with van der Waals surface area (Å²) in [5.41, 5.74) is 3.18. The molecule has 1 aromatic heterocycles. The molecule has 0 spiro atoms. The fraction of sp³-hybridized carbons (Fsp3) is 0.400. The molecule has 1 aliphatic rings. The summed E-state index contributed by atoms with van der Waals surface area (Å²) in [6.45, 7) is 4.87. The molecule has 0 bridgehead atoms. The van der Waals surface area contributed by atoms with Crippen molar-refractivity contribution in [3.8, 4) is 5.75 Å². The molecule has 2 aromatic rings. The molecule has 0 fully saturated rings. The number of carbonyl (C=O) groups is 1. The molecule has 0 aliphatic carbocycles. The van der Waals surface area contributed by atoms with Gasteiger partial charge < -0.3 is 19.1 Å². The fourth-order valence-electron chi connectivity index (χ4n) is 3.51. The van der Waals surface area contributed by atoms with Crippen LogP contribution in [0.2, 0.25) is 10.0 Å². The molecule has 0 radical (unpaired) electrons. The third-order valence-corrected chi connectivity index (χ3v) is 5.65. The average molecular weight is 425 g/mol. The second-order valence-electron chi connectivity index (χ2n) is 6.38. The van der Waals surface area contributed by atoms with Gasteiger partial charge in [-0.05, 0) is 31.6 Å². The molecule has 1 aliphatic heterocycles. The maximum atomic E-state index is 12.5. The van der Waals surface area contributed by atoms with Gasteiger partial charge in [0.25, 0.3) is 0 Å². The number of methoxy groups -OCH3 is 2. The van der Waals surface area contributed by atoms with E-state index in [9.17, 15) is 4.79 Å². The summed E-state index contributed by atoms with van der Waals surface area (Å²) < 4.78 is 15.7. The molecular weight excluding hydrogens is 403 g/mol. The number of hydrogen-bond acceptors (Lipinski definition) is 5. The minimum atomic E-state index is -0.177. The zero-order valence-electron chi connectivity index (χ0n) is 16.2. The number of hydrogen-bond donors (Lipinski definition) is 0. The molecule has 0 N–H and O–H groups in total. The molecule has 6 nitrogen and oxygen atoms in total. The van der Waals surface area contributed by atoms with Gasteiger partial charge in [0.05, 0.1) is 42.3 Å². The fourth-order valence-corrected chi connectivity index (χ4v) is 3.97. The lowest BCUT2D eigenvalue weighted by atomic mass is 9.98. The highest BCUT2D eigenvalue weighted by Gasteiger charge is 2.35. The van der Waals surface area contributed by atoms with Crippen LogP contribution in [0.25, 0.3) is 17.0 Å². The van der Waals surface area contributed by atoms with Crippen LogP contribution >= 0.6 is 23.2 Å². The highest BCUT2D eigenvalue weighted by molar-refractivity contribution is 6.46. The number of benzene rings is 1. The Morgan fingerprint density at radius 3 is 2.75 bits per heavy atom. The monoisotopic (exact) mass is 424 g/mol. The third kappa shape index (κ3) is 3.52. The van der Waals surface area contributed by atoms with Gasteiger partial charge in [-0.2, -0.15) is 0 Å². The van der Waals surface area contributed by atoms with E-state index in [1.807, 2.05) is 19.9 Å². The number of amides is 1. The largest absolute Gasteiger partial charge is 0.501 e. The molecule has 0 unspecified atom stereocenters. The van der Waals surface area contributed by atoms with Crippen molar-refractivity contribution in [2.75, 3.05) is 27.4 Å². The minimum Gasteiger partial charge on any atom is -0.501 e. The van der Waals surface area contributed by atoms with Crippen LogP contribution in [-0.4, -0.2) is 43.2 Å². The molecule has 8 heteroatoms. The Balaban J connectivity index is 2.26. The molecule has 28 heavy (non-hydrogen) atoms. The van der Waals surface area contributed by atoms with Gasteiger partial charge in [0, 0.05) is 24.6 Å². The Kier molecular flexibility index (Phi) is 6.33. The van der Waals surface area contributed by atoms with Crippen LogP contribution in [0.5, 0.6) is 5.75 Å². The van der Waals surface area contributed by atoms with E-state index in [2.05, 4.69) is 0 Å². The Morgan fingerprint density at radius 1 is 1.36 bits per heavy atom. The quantitative estimate of drug-likeness (QED) is 0.633. The van der Waals surface area contributed by atoms with Crippen LogP contribution in [0.3, 0.4) is 0 Å². The normalized spacial score (nSPS) is 16.1. The number of rotatable bonds is 6. The molecule has 1 atom stereocenters. The Labute approximate surface area is 174 Å². The van der Waals surface area contributed by atoms with Crippen molar-refractivity contribution >= 4 is 46.1 Å². The third-order valence-electron chi connectivity index (χ3n) is 4.81. The van der Waals surface area contributed by atoms with Crippen molar-refractivity contribution in [3.05, 3.63) is 39.2 Å². The number of carbonyl (C=O) groups excluding carboxylic acids is 1. The summed E-state index contributed by atoms with van der Waals surface area (Å²) in [6.07, 6.45) is 3.38. The van der Waals surface area contributed by atoms with Crippen molar-refractivity contribution in [2.45, 2.75) is 26.4 Å². The zero-order chi connectivity index (χ0) is 20.4. The SMILES string of the molecule is CCO/C=C/c1nc2c(Cl)c(Cl)c(OC)cc2c2c1CN(C(=O)COC)[C@H]2C. The summed E-state index contributed by atoms with van der Waals surface area (Å²) in [7, 11) is 3.04. The van der Waals surface area contributed by atoms with Crippen LogP contribution in [0.1, 0.15) is 36.7 Å². The standard InChI is InChI=1S/C20H22Cl2N2O4/c1-5-28-7-6-14-13-9-24(16(25)10-26-3)11(2)17(13)12-8-15(27-4)18(21)19(22)20(12)23-14/h6-8,11H,5,9-10H2,1-4H3/b7-6+/t11-/m0/s1.